The molecule has 0 atom stereocenters. The first-order valence-electron chi connectivity index (χ1n) is 8.34. The van der Waals surface area contributed by atoms with Crippen LogP contribution in [0.4, 0.5) is 0 Å². The van der Waals surface area contributed by atoms with Crippen molar-refractivity contribution in [3.63, 3.8) is 0 Å². The summed E-state index contributed by atoms with van der Waals surface area (Å²) in [4.78, 5) is 23.2. The molecule has 27 heavy (non-hydrogen) atoms. The molecule has 2 rings (SSSR count). The van der Waals surface area contributed by atoms with Gasteiger partial charge in [0.15, 0.2) is 11.6 Å². The third kappa shape index (κ3) is 5.80. The van der Waals surface area contributed by atoms with Crippen LogP contribution in [0.2, 0.25) is 0 Å². The average Bonchev–Trinajstić information content (AvgIpc) is 2.66. The molecule has 0 bridgehead atoms. The number of hydrogen-bond donors (Lipinski definition) is 2. The standard InChI is InChI=1S/C19H23N3O4S/c1-27(25,26)22(12-14-2-6-16(7-3-14)18(23)10-20)13-15-4-8-17(9-5-15)19(24)11-21/h2-9H,10-13,20-21H2,1H3. The molecule has 144 valence electrons. The van der Waals surface area contributed by atoms with Crippen LogP contribution in [0.1, 0.15) is 31.8 Å². The van der Waals surface area contributed by atoms with Gasteiger partial charge in [0.2, 0.25) is 10.0 Å². The van der Waals surface area contributed by atoms with Gasteiger partial charge in [-0.1, -0.05) is 48.5 Å². The summed E-state index contributed by atoms with van der Waals surface area (Å²) in [6.07, 6.45) is 1.14. The zero-order valence-electron chi connectivity index (χ0n) is 15.1. The van der Waals surface area contributed by atoms with E-state index in [1.165, 1.54) is 4.31 Å². The minimum absolute atomic E-state index is 0.0720. The van der Waals surface area contributed by atoms with E-state index in [2.05, 4.69) is 0 Å². The Morgan fingerprint density at radius 2 is 1.11 bits per heavy atom. The summed E-state index contributed by atoms with van der Waals surface area (Å²) in [6, 6.07) is 13.4. The molecule has 0 aromatic heterocycles. The molecule has 0 heterocycles. The van der Waals surface area contributed by atoms with E-state index in [1.54, 1.807) is 48.5 Å². The number of carbonyl (C=O) groups excluding carboxylic acids is 2. The molecule has 2 aromatic carbocycles. The Kier molecular flexibility index (Phi) is 6.98. The predicted molar refractivity (Wildman–Crippen MR) is 104 cm³/mol. The van der Waals surface area contributed by atoms with Crippen molar-refractivity contribution in [2.75, 3.05) is 19.3 Å². The van der Waals surface area contributed by atoms with Crippen LogP contribution >= 0.6 is 0 Å². The lowest BCUT2D eigenvalue weighted by Gasteiger charge is -2.20. The minimum atomic E-state index is -3.46. The zero-order valence-corrected chi connectivity index (χ0v) is 15.9. The predicted octanol–water partition coefficient (Wildman–Crippen LogP) is 0.931. The molecule has 8 heteroatoms. The van der Waals surface area contributed by atoms with Crippen molar-refractivity contribution in [2.45, 2.75) is 13.1 Å². The van der Waals surface area contributed by atoms with Crippen LogP contribution < -0.4 is 11.5 Å². The van der Waals surface area contributed by atoms with E-state index in [1.807, 2.05) is 0 Å². The highest BCUT2D eigenvalue weighted by molar-refractivity contribution is 7.88. The number of benzene rings is 2. The molecular formula is C19H23N3O4S. The molecule has 0 amide bonds. The van der Waals surface area contributed by atoms with E-state index < -0.39 is 10.0 Å². The Hall–Kier alpha value is -2.39. The Bertz CT molecular complexity index is 845. The molecule has 0 aliphatic carbocycles. The second kappa shape index (κ2) is 9.01. The SMILES string of the molecule is CS(=O)(=O)N(Cc1ccc(C(=O)CN)cc1)Cc1ccc(C(=O)CN)cc1. The highest BCUT2D eigenvalue weighted by Crippen LogP contribution is 2.15. The topological polar surface area (TPSA) is 124 Å². The fraction of sp³-hybridized carbons (Fsp3) is 0.263. The maximum absolute atomic E-state index is 12.2. The van der Waals surface area contributed by atoms with Crippen molar-refractivity contribution < 1.29 is 18.0 Å². The quantitative estimate of drug-likeness (QED) is 0.615. The summed E-state index contributed by atoms with van der Waals surface area (Å²) in [5.74, 6) is -0.345. The summed E-state index contributed by atoms with van der Waals surface area (Å²) >= 11 is 0. The van der Waals surface area contributed by atoms with Crippen LogP contribution in [0.5, 0.6) is 0 Å². The molecule has 0 fully saturated rings. The van der Waals surface area contributed by atoms with E-state index in [0.29, 0.717) is 11.1 Å². The number of Topliss-reactive ketones (excluding diaryl/α,β-unsaturated/α-hetero) is 2. The summed E-state index contributed by atoms with van der Waals surface area (Å²) in [7, 11) is -3.46. The first kappa shape index (κ1) is 20.9. The number of ketones is 2. The maximum Gasteiger partial charge on any atom is 0.211 e. The number of carbonyl (C=O) groups is 2. The number of nitrogens with zero attached hydrogens (tertiary/aromatic N) is 1. The van der Waals surface area contributed by atoms with Crippen molar-refractivity contribution in [3.8, 4) is 0 Å². The molecule has 2 aromatic rings. The number of nitrogens with two attached hydrogens (primary N) is 2. The van der Waals surface area contributed by atoms with Crippen LogP contribution in [0, 0.1) is 0 Å². The molecule has 0 aliphatic rings. The number of rotatable bonds is 9. The smallest absolute Gasteiger partial charge is 0.211 e. The van der Waals surface area contributed by atoms with Gasteiger partial charge in [-0.15, -0.1) is 0 Å². The lowest BCUT2D eigenvalue weighted by atomic mass is 10.1. The van der Waals surface area contributed by atoms with Crippen LogP contribution in [-0.4, -0.2) is 43.6 Å². The van der Waals surface area contributed by atoms with Crippen LogP contribution in [0.3, 0.4) is 0 Å². The highest BCUT2D eigenvalue weighted by Gasteiger charge is 2.18. The minimum Gasteiger partial charge on any atom is -0.324 e. The molecule has 0 saturated carbocycles. The van der Waals surface area contributed by atoms with E-state index >= 15 is 0 Å². The summed E-state index contributed by atoms with van der Waals surface area (Å²) < 4.78 is 25.7. The van der Waals surface area contributed by atoms with Gasteiger partial charge in [-0.2, -0.15) is 4.31 Å². The zero-order chi connectivity index (χ0) is 20.0. The van der Waals surface area contributed by atoms with E-state index in [-0.39, 0.29) is 37.7 Å². The normalized spacial score (nSPS) is 11.6. The summed E-state index contributed by atoms with van der Waals surface area (Å²) in [5.41, 5.74) is 13.2. The lowest BCUT2D eigenvalue weighted by Crippen LogP contribution is -2.29. The van der Waals surface area contributed by atoms with Crippen molar-refractivity contribution in [3.05, 3.63) is 70.8 Å². The number of hydrogen-bond acceptors (Lipinski definition) is 6. The molecule has 0 saturated heterocycles. The van der Waals surface area contributed by atoms with Crippen molar-refractivity contribution >= 4 is 21.6 Å². The molecule has 0 aliphatic heterocycles. The molecule has 7 nitrogen and oxygen atoms in total. The molecular weight excluding hydrogens is 366 g/mol. The van der Waals surface area contributed by atoms with E-state index in [9.17, 15) is 18.0 Å². The molecule has 0 spiro atoms. The Balaban J connectivity index is 2.16. The monoisotopic (exact) mass is 389 g/mol. The first-order valence-corrected chi connectivity index (χ1v) is 10.2. The first-order chi connectivity index (χ1) is 12.7. The van der Waals surface area contributed by atoms with Crippen LogP contribution in [0.15, 0.2) is 48.5 Å². The van der Waals surface area contributed by atoms with Crippen molar-refractivity contribution in [2.24, 2.45) is 11.5 Å². The Labute approximate surface area is 159 Å². The van der Waals surface area contributed by atoms with Crippen molar-refractivity contribution in [1.82, 2.24) is 4.31 Å². The lowest BCUT2D eigenvalue weighted by molar-refractivity contribution is 0.0993. The van der Waals surface area contributed by atoms with E-state index in [4.69, 9.17) is 11.5 Å². The third-order valence-corrected chi connectivity index (χ3v) is 5.31. The Morgan fingerprint density at radius 1 is 0.778 bits per heavy atom. The van der Waals surface area contributed by atoms with E-state index in [0.717, 1.165) is 17.4 Å². The summed E-state index contributed by atoms with van der Waals surface area (Å²) in [5, 5.41) is 0. The average molecular weight is 389 g/mol. The van der Waals surface area contributed by atoms with Gasteiger partial charge >= 0.3 is 0 Å². The van der Waals surface area contributed by atoms with Gasteiger partial charge in [0, 0.05) is 24.2 Å². The second-order valence-corrected chi connectivity index (χ2v) is 8.16. The van der Waals surface area contributed by atoms with Gasteiger partial charge in [-0.25, -0.2) is 8.42 Å². The highest BCUT2D eigenvalue weighted by atomic mass is 32.2. The van der Waals surface area contributed by atoms with Gasteiger partial charge in [-0.05, 0) is 11.1 Å². The van der Waals surface area contributed by atoms with Crippen molar-refractivity contribution in [1.29, 1.82) is 0 Å². The van der Waals surface area contributed by atoms with Gasteiger partial charge in [0.05, 0.1) is 19.3 Å². The van der Waals surface area contributed by atoms with Gasteiger partial charge in [0.1, 0.15) is 0 Å². The third-order valence-electron chi connectivity index (χ3n) is 4.11. The molecule has 0 radical (unpaired) electrons. The fourth-order valence-electron chi connectivity index (χ4n) is 2.53. The molecule has 0 unspecified atom stereocenters. The van der Waals surface area contributed by atoms with Gasteiger partial charge < -0.3 is 11.5 Å². The summed E-state index contributed by atoms with van der Waals surface area (Å²) in [6.45, 7) is 0.188. The van der Waals surface area contributed by atoms with Gasteiger partial charge in [0.25, 0.3) is 0 Å². The fourth-order valence-corrected chi connectivity index (χ4v) is 3.29. The second-order valence-electron chi connectivity index (χ2n) is 6.18. The number of sulfonamides is 1. The Morgan fingerprint density at radius 3 is 1.37 bits per heavy atom. The van der Waals surface area contributed by atoms with Crippen LogP contribution in [-0.2, 0) is 23.1 Å². The maximum atomic E-state index is 12.2. The van der Waals surface area contributed by atoms with Gasteiger partial charge in [-0.3, -0.25) is 9.59 Å². The largest absolute Gasteiger partial charge is 0.324 e. The van der Waals surface area contributed by atoms with Crippen LogP contribution in [0.25, 0.3) is 0 Å². The molecule has 4 N–H and O–H groups in total.